The largest absolute Gasteiger partial charge is 0.497 e. The minimum Gasteiger partial charge on any atom is -0.497 e. The summed E-state index contributed by atoms with van der Waals surface area (Å²) >= 11 is 0. The Hall–Kier alpha value is -5.32. The fourth-order valence-electron chi connectivity index (χ4n) is 6.27. The van der Waals surface area contributed by atoms with E-state index in [1.54, 1.807) is 101 Å². The molecule has 0 saturated heterocycles. The summed E-state index contributed by atoms with van der Waals surface area (Å²) in [6.45, 7) is 18.2. The topological polar surface area (TPSA) is 203 Å². The fourth-order valence-corrected chi connectivity index (χ4v) is 6.27. The number of nitro groups is 1. The zero-order chi connectivity index (χ0) is 45.4. The van der Waals surface area contributed by atoms with E-state index in [1.807, 2.05) is 0 Å². The van der Waals surface area contributed by atoms with Gasteiger partial charge in [-0.05, 0) is 121 Å². The Kier molecular flexibility index (Phi) is 16.2. The van der Waals surface area contributed by atoms with Crippen LogP contribution in [-0.2, 0) is 44.7 Å². The maximum Gasteiger partial charge on any atom is 0.326 e. The highest BCUT2D eigenvalue weighted by Crippen LogP contribution is 2.41. The van der Waals surface area contributed by atoms with Crippen LogP contribution in [0.1, 0.15) is 108 Å². The number of esters is 4. The molecule has 3 rings (SSSR count). The Morgan fingerprint density at radius 2 is 1.03 bits per heavy atom. The summed E-state index contributed by atoms with van der Waals surface area (Å²) in [7, 11) is 1.48. The van der Waals surface area contributed by atoms with Crippen LogP contribution in [0.15, 0.2) is 30.3 Å². The second kappa shape index (κ2) is 19.8. The molecule has 1 aliphatic carbocycles. The van der Waals surface area contributed by atoms with Gasteiger partial charge in [-0.25, -0.2) is 0 Å². The van der Waals surface area contributed by atoms with E-state index < -0.39 is 88.8 Å². The molecule has 1 aliphatic rings. The third-order valence-corrected chi connectivity index (χ3v) is 8.28. The van der Waals surface area contributed by atoms with E-state index in [0.29, 0.717) is 30.7 Å². The van der Waals surface area contributed by atoms with Crippen LogP contribution in [0.25, 0.3) is 0 Å². The van der Waals surface area contributed by atoms with Gasteiger partial charge in [-0.2, -0.15) is 0 Å². The van der Waals surface area contributed by atoms with E-state index >= 15 is 0 Å². The minimum absolute atomic E-state index is 0.0612. The van der Waals surface area contributed by atoms with Crippen molar-refractivity contribution >= 4 is 40.9 Å². The van der Waals surface area contributed by atoms with Gasteiger partial charge in [0.2, 0.25) is 0 Å². The van der Waals surface area contributed by atoms with E-state index in [-0.39, 0.29) is 35.8 Å². The number of benzene rings is 2. The normalized spacial score (nSPS) is 15.7. The lowest BCUT2D eigenvalue weighted by molar-refractivity contribution is -0.385. The number of ether oxygens (including phenoxy) is 7. The van der Waals surface area contributed by atoms with Crippen LogP contribution in [0.3, 0.4) is 0 Å². The van der Waals surface area contributed by atoms with Gasteiger partial charge in [-0.3, -0.25) is 29.3 Å². The van der Waals surface area contributed by atoms with Crippen molar-refractivity contribution in [3.05, 3.63) is 46.0 Å². The maximum atomic E-state index is 13.3. The molecule has 1 N–H and O–H groups in total. The summed E-state index contributed by atoms with van der Waals surface area (Å²) < 4.78 is 41.1. The number of carbonyl (C=O) groups is 4. The molecule has 2 atom stereocenters. The lowest BCUT2D eigenvalue weighted by Gasteiger charge is -2.31. The molecule has 0 amide bonds. The standard InChI is InChI=1S/C43H63N3O14/c1-40(2,3)57-36(48)22-44(23-37(49)58-41(4,5)6)29-18-17-28(54-13)20-34(29)55-32-15-14-16-33(32)56-35-21-30(46(52)53)27(26-47)19-31(35)45(24-38(50)59-42(7,8)9)25-39(51)60-43(10,11)12/h17-21,32-33,47H,14-16,22-26H2,1-13H3/t32-,33+/m0/s1. The summed E-state index contributed by atoms with van der Waals surface area (Å²) in [5.74, 6) is -2.01. The molecular weight excluding hydrogens is 782 g/mol. The number of aliphatic hydroxyl groups is 1. The molecule has 60 heavy (non-hydrogen) atoms. The number of nitro benzene ring substituents is 1. The summed E-state index contributed by atoms with van der Waals surface area (Å²) in [5.41, 5.74) is -3.45. The molecule has 2 aromatic rings. The second-order valence-electron chi connectivity index (χ2n) is 18.5. The number of hydrogen-bond donors (Lipinski definition) is 1. The first kappa shape index (κ1) is 49.0. The smallest absolute Gasteiger partial charge is 0.326 e. The van der Waals surface area contributed by atoms with Crippen LogP contribution in [0.5, 0.6) is 17.2 Å². The number of nitrogens with zero attached hydrogens (tertiary/aromatic N) is 3. The summed E-state index contributed by atoms with van der Waals surface area (Å²) in [4.78, 5) is 67.3. The van der Waals surface area contributed by atoms with Crippen molar-refractivity contribution in [2.45, 2.75) is 144 Å². The maximum absolute atomic E-state index is 13.3. The fraction of sp³-hybridized carbons (Fsp3) is 0.628. The quantitative estimate of drug-likeness (QED) is 0.0786. The number of carbonyl (C=O) groups excluding carboxylic acids is 4. The number of aliphatic hydroxyl groups excluding tert-OH is 1. The molecule has 0 aliphatic heterocycles. The van der Waals surface area contributed by atoms with Gasteiger partial charge in [-0.15, -0.1) is 0 Å². The average Bonchev–Trinajstić information content (AvgIpc) is 3.49. The van der Waals surface area contributed by atoms with Gasteiger partial charge in [0.05, 0.1) is 41.6 Å². The Bertz CT molecular complexity index is 1790. The first-order valence-electron chi connectivity index (χ1n) is 19.9. The average molecular weight is 846 g/mol. The first-order chi connectivity index (χ1) is 27.6. The van der Waals surface area contributed by atoms with Crippen molar-refractivity contribution < 1.29 is 62.4 Å². The number of rotatable bonds is 17. The number of methoxy groups -OCH3 is 1. The Balaban J connectivity index is 2.12. The molecule has 17 nitrogen and oxygen atoms in total. The molecule has 0 bridgehead atoms. The molecule has 1 fully saturated rings. The highest BCUT2D eigenvalue weighted by atomic mass is 16.6. The van der Waals surface area contributed by atoms with Gasteiger partial charge >= 0.3 is 23.9 Å². The van der Waals surface area contributed by atoms with E-state index in [1.165, 1.54) is 23.0 Å². The van der Waals surface area contributed by atoms with E-state index in [0.717, 1.165) is 6.07 Å². The molecule has 2 aromatic carbocycles. The highest BCUT2D eigenvalue weighted by Gasteiger charge is 2.36. The summed E-state index contributed by atoms with van der Waals surface area (Å²) in [5, 5.41) is 22.5. The molecule has 334 valence electrons. The van der Waals surface area contributed by atoms with Crippen molar-refractivity contribution in [3.63, 3.8) is 0 Å². The van der Waals surface area contributed by atoms with Crippen molar-refractivity contribution in [1.82, 2.24) is 0 Å². The second-order valence-corrected chi connectivity index (χ2v) is 18.5. The van der Waals surface area contributed by atoms with Crippen LogP contribution in [0, 0.1) is 10.1 Å². The van der Waals surface area contributed by atoms with Gasteiger partial charge in [0, 0.05) is 6.07 Å². The summed E-state index contributed by atoms with van der Waals surface area (Å²) in [6.07, 6.45) is 0.0505. The van der Waals surface area contributed by atoms with Crippen LogP contribution < -0.4 is 24.0 Å². The van der Waals surface area contributed by atoms with Crippen molar-refractivity contribution in [3.8, 4) is 17.2 Å². The van der Waals surface area contributed by atoms with Gasteiger partial charge in [0.1, 0.15) is 78.0 Å². The van der Waals surface area contributed by atoms with E-state index in [2.05, 4.69) is 0 Å². The first-order valence-corrected chi connectivity index (χ1v) is 19.9. The van der Waals surface area contributed by atoms with Crippen molar-refractivity contribution in [1.29, 1.82) is 0 Å². The lowest BCUT2D eigenvalue weighted by atomic mass is 10.1. The Morgan fingerprint density at radius 1 is 0.650 bits per heavy atom. The molecular formula is C43H63N3O14. The van der Waals surface area contributed by atoms with E-state index in [4.69, 9.17) is 33.2 Å². The van der Waals surface area contributed by atoms with Gasteiger partial charge in [0.25, 0.3) is 5.69 Å². The van der Waals surface area contributed by atoms with Crippen LogP contribution in [0.4, 0.5) is 17.1 Å². The van der Waals surface area contributed by atoms with Gasteiger partial charge in [-0.1, -0.05) is 0 Å². The Labute approximate surface area is 352 Å². The SMILES string of the molecule is COc1ccc(N(CC(=O)OC(C)(C)C)CC(=O)OC(C)(C)C)c(O[C@H]2CCC[C@H]2Oc2cc([N+](=O)[O-])c(CO)cc2N(CC(=O)OC(C)(C)C)CC(=O)OC(C)(C)C)c1. The monoisotopic (exact) mass is 845 g/mol. The highest BCUT2D eigenvalue weighted by molar-refractivity contribution is 5.84. The molecule has 0 unspecified atom stereocenters. The van der Waals surface area contributed by atoms with Crippen molar-refractivity contribution in [2.75, 3.05) is 43.1 Å². The van der Waals surface area contributed by atoms with Gasteiger partial charge in [0.15, 0.2) is 0 Å². The molecule has 1 saturated carbocycles. The Morgan fingerprint density at radius 3 is 1.38 bits per heavy atom. The summed E-state index contributed by atoms with van der Waals surface area (Å²) in [6, 6.07) is 7.36. The predicted molar refractivity (Wildman–Crippen MR) is 223 cm³/mol. The van der Waals surface area contributed by atoms with E-state index in [9.17, 15) is 34.4 Å². The minimum atomic E-state index is -0.873. The molecule has 0 heterocycles. The molecule has 0 aromatic heterocycles. The molecule has 0 radical (unpaired) electrons. The molecule has 17 heteroatoms. The number of anilines is 2. The molecule has 0 spiro atoms. The third-order valence-electron chi connectivity index (χ3n) is 8.28. The lowest BCUT2D eigenvalue weighted by Crippen LogP contribution is -2.41. The van der Waals surface area contributed by atoms with Crippen LogP contribution in [-0.4, -0.2) is 102 Å². The van der Waals surface area contributed by atoms with Crippen LogP contribution in [0.2, 0.25) is 0 Å². The zero-order valence-electron chi connectivity index (χ0n) is 37.3. The van der Waals surface area contributed by atoms with Gasteiger partial charge < -0.3 is 48.1 Å². The zero-order valence-corrected chi connectivity index (χ0v) is 37.3. The third kappa shape index (κ3) is 16.0. The van der Waals surface area contributed by atoms with Crippen LogP contribution >= 0.6 is 0 Å². The predicted octanol–water partition coefficient (Wildman–Crippen LogP) is 6.45. The number of hydrogen-bond acceptors (Lipinski definition) is 16. The van der Waals surface area contributed by atoms with Crippen molar-refractivity contribution in [2.24, 2.45) is 0 Å².